The van der Waals surface area contributed by atoms with Crippen molar-refractivity contribution in [3.8, 4) is 0 Å². The number of methoxy groups -OCH3 is 1. The Labute approximate surface area is 121 Å². The molecule has 0 spiro atoms. The highest BCUT2D eigenvalue weighted by molar-refractivity contribution is 6.77. The van der Waals surface area contributed by atoms with Crippen molar-refractivity contribution in [1.29, 1.82) is 0 Å². The SMILES string of the molecule is C=CC[C@@H]1NC(=O)N2C[C@H]([Si](C)(C)C)C[C@@]12C(=O)OC. The maximum atomic E-state index is 12.4. The number of hydrogen-bond donors (Lipinski definition) is 1. The Balaban J connectivity index is 2.42. The van der Waals surface area contributed by atoms with Gasteiger partial charge in [0.1, 0.15) is 0 Å². The molecule has 0 aliphatic carbocycles. The van der Waals surface area contributed by atoms with Crippen molar-refractivity contribution in [2.45, 2.75) is 49.6 Å². The molecule has 0 aromatic rings. The first-order valence-corrected chi connectivity index (χ1v) is 10.6. The van der Waals surface area contributed by atoms with Crippen LogP contribution in [0.25, 0.3) is 0 Å². The summed E-state index contributed by atoms with van der Waals surface area (Å²) in [6.07, 6.45) is 3.03. The number of esters is 1. The van der Waals surface area contributed by atoms with E-state index in [0.29, 0.717) is 24.9 Å². The fourth-order valence-electron chi connectivity index (χ4n) is 3.39. The number of carbonyl (C=O) groups is 2. The summed E-state index contributed by atoms with van der Waals surface area (Å²) in [5.41, 5.74) is -0.426. The summed E-state index contributed by atoms with van der Waals surface area (Å²) >= 11 is 0. The topological polar surface area (TPSA) is 58.6 Å². The highest BCUT2D eigenvalue weighted by Gasteiger charge is 2.64. The standard InChI is InChI=1S/C14H24N2O3Si/c1-6-7-11-14(12(17)19-2)8-10(20(3,4)5)9-16(14)13(18)15-11/h6,10-11H,1,7-9H2,2-5H3,(H,15,18)/t10-,11+,14+/m1/s1. The van der Waals surface area contributed by atoms with Crippen molar-refractivity contribution in [1.82, 2.24) is 10.2 Å². The number of nitrogens with one attached hydrogen (secondary N) is 1. The van der Waals surface area contributed by atoms with E-state index < -0.39 is 13.6 Å². The Bertz CT molecular complexity index is 446. The summed E-state index contributed by atoms with van der Waals surface area (Å²) in [6.45, 7) is 11.2. The van der Waals surface area contributed by atoms with Gasteiger partial charge in [-0.15, -0.1) is 6.58 Å². The minimum atomic E-state index is -1.43. The van der Waals surface area contributed by atoms with E-state index in [2.05, 4.69) is 31.5 Å². The van der Waals surface area contributed by atoms with Crippen LogP contribution in [0.1, 0.15) is 12.8 Å². The first-order valence-electron chi connectivity index (χ1n) is 7.04. The predicted octanol–water partition coefficient (Wildman–Crippen LogP) is 1.98. The lowest BCUT2D eigenvalue weighted by atomic mass is 9.86. The maximum Gasteiger partial charge on any atom is 0.334 e. The monoisotopic (exact) mass is 296 g/mol. The highest BCUT2D eigenvalue weighted by atomic mass is 28.3. The molecule has 2 aliphatic heterocycles. The average Bonchev–Trinajstić information content (AvgIpc) is 2.87. The van der Waals surface area contributed by atoms with Crippen molar-refractivity contribution in [3.05, 3.63) is 12.7 Å². The maximum absolute atomic E-state index is 12.4. The summed E-state index contributed by atoms with van der Waals surface area (Å²) < 4.78 is 5.03. The molecule has 2 rings (SSSR count). The minimum Gasteiger partial charge on any atom is -0.467 e. The van der Waals surface area contributed by atoms with Crippen LogP contribution in [0, 0.1) is 0 Å². The number of amides is 2. The molecule has 6 heteroatoms. The van der Waals surface area contributed by atoms with Gasteiger partial charge in [-0.2, -0.15) is 0 Å². The van der Waals surface area contributed by atoms with Crippen LogP contribution in [0.2, 0.25) is 25.2 Å². The van der Waals surface area contributed by atoms with E-state index in [1.165, 1.54) is 7.11 Å². The van der Waals surface area contributed by atoms with Gasteiger partial charge in [-0.3, -0.25) is 0 Å². The van der Waals surface area contributed by atoms with E-state index in [-0.39, 0.29) is 18.0 Å². The predicted molar refractivity (Wildman–Crippen MR) is 80.3 cm³/mol. The van der Waals surface area contributed by atoms with Gasteiger partial charge in [0.15, 0.2) is 5.54 Å². The molecular weight excluding hydrogens is 272 g/mol. The van der Waals surface area contributed by atoms with E-state index >= 15 is 0 Å². The largest absolute Gasteiger partial charge is 0.467 e. The lowest BCUT2D eigenvalue weighted by Crippen LogP contribution is -2.54. The fourth-order valence-corrected chi connectivity index (χ4v) is 5.04. The zero-order valence-corrected chi connectivity index (χ0v) is 13.7. The van der Waals surface area contributed by atoms with Gasteiger partial charge in [0.2, 0.25) is 0 Å². The van der Waals surface area contributed by atoms with Crippen LogP contribution in [0.5, 0.6) is 0 Å². The summed E-state index contributed by atoms with van der Waals surface area (Å²) in [6, 6.07) is -0.385. The lowest BCUT2D eigenvalue weighted by molar-refractivity contribution is -0.151. The molecule has 0 aromatic carbocycles. The zero-order chi connectivity index (χ0) is 15.1. The Morgan fingerprint density at radius 2 is 2.25 bits per heavy atom. The van der Waals surface area contributed by atoms with Crippen LogP contribution >= 0.6 is 0 Å². The molecule has 3 atom stereocenters. The Kier molecular flexibility index (Phi) is 3.71. The molecule has 20 heavy (non-hydrogen) atoms. The van der Waals surface area contributed by atoms with E-state index in [9.17, 15) is 9.59 Å². The molecule has 0 radical (unpaired) electrons. The van der Waals surface area contributed by atoms with Crippen LogP contribution in [0.4, 0.5) is 4.79 Å². The number of hydrogen-bond acceptors (Lipinski definition) is 3. The van der Waals surface area contributed by atoms with Crippen molar-refractivity contribution in [2.75, 3.05) is 13.7 Å². The number of carbonyl (C=O) groups excluding carboxylic acids is 2. The van der Waals surface area contributed by atoms with E-state index in [0.717, 1.165) is 0 Å². The van der Waals surface area contributed by atoms with Gasteiger partial charge >= 0.3 is 12.0 Å². The second-order valence-corrected chi connectivity index (χ2v) is 12.4. The third-order valence-corrected chi connectivity index (χ3v) is 7.56. The molecule has 2 saturated heterocycles. The zero-order valence-electron chi connectivity index (χ0n) is 12.7. The summed E-state index contributed by atoms with van der Waals surface area (Å²) in [7, 11) is -0.0395. The average molecular weight is 296 g/mol. The smallest absolute Gasteiger partial charge is 0.334 e. The molecule has 0 bridgehead atoms. The van der Waals surface area contributed by atoms with E-state index in [1.807, 2.05) is 0 Å². The Hall–Kier alpha value is -1.30. The van der Waals surface area contributed by atoms with Gasteiger partial charge in [-0.05, 0) is 18.4 Å². The van der Waals surface area contributed by atoms with E-state index in [4.69, 9.17) is 4.74 Å². The van der Waals surface area contributed by atoms with Crippen molar-refractivity contribution in [3.63, 3.8) is 0 Å². The normalized spacial score (nSPS) is 32.8. The number of urea groups is 1. The number of nitrogens with zero attached hydrogens (tertiary/aromatic N) is 1. The van der Waals surface area contributed by atoms with Gasteiger partial charge in [-0.1, -0.05) is 25.7 Å². The minimum absolute atomic E-state index is 0.150. The van der Waals surface area contributed by atoms with Gasteiger partial charge in [-0.25, -0.2) is 9.59 Å². The van der Waals surface area contributed by atoms with Crippen LogP contribution in [0.3, 0.4) is 0 Å². The van der Waals surface area contributed by atoms with Crippen molar-refractivity contribution < 1.29 is 14.3 Å². The van der Waals surface area contributed by atoms with E-state index in [1.54, 1.807) is 11.0 Å². The number of rotatable bonds is 4. The fraction of sp³-hybridized carbons (Fsp3) is 0.714. The molecule has 0 aromatic heterocycles. The molecule has 2 aliphatic rings. The third-order valence-electron chi connectivity index (χ3n) is 4.73. The van der Waals surface area contributed by atoms with Crippen molar-refractivity contribution in [2.24, 2.45) is 0 Å². The third kappa shape index (κ3) is 2.06. The molecule has 1 N–H and O–H groups in total. The molecule has 0 unspecified atom stereocenters. The first kappa shape index (κ1) is 15.1. The molecule has 112 valence electrons. The van der Waals surface area contributed by atoms with Crippen LogP contribution < -0.4 is 5.32 Å². The van der Waals surface area contributed by atoms with Gasteiger partial charge in [0, 0.05) is 14.6 Å². The number of fused-ring (bicyclic) bond motifs is 1. The molecule has 2 fully saturated rings. The quantitative estimate of drug-likeness (QED) is 0.490. The van der Waals surface area contributed by atoms with Crippen LogP contribution in [0.15, 0.2) is 12.7 Å². The number of ether oxygens (including phenoxy) is 1. The molecular formula is C14H24N2O3Si. The summed E-state index contributed by atoms with van der Waals surface area (Å²) in [5.74, 6) is -0.302. The second kappa shape index (κ2) is 4.91. The van der Waals surface area contributed by atoms with Crippen molar-refractivity contribution >= 4 is 20.1 Å². The lowest BCUT2D eigenvalue weighted by Gasteiger charge is -2.32. The van der Waals surface area contributed by atoms with Crippen LogP contribution in [-0.2, 0) is 9.53 Å². The molecule has 2 amide bonds. The van der Waals surface area contributed by atoms with Gasteiger partial charge in [0.05, 0.1) is 13.2 Å². The summed E-state index contributed by atoms with van der Waals surface area (Å²) in [5, 5.41) is 2.92. The summed E-state index contributed by atoms with van der Waals surface area (Å²) in [4.78, 5) is 26.4. The first-order chi connectivity index (χ1) is 9.27. The molecule has 0 saturated carbocycles. The molecule has 2 heterocycles. The van der Waals surface area contributed by atoms with Crippen LogP contribution in [-0.4, -0.2) is 50.2 Å². The van der Waals surface area contributed by atoms with Gasteiger partial charge in [0.25, 0.3) is 0 Å². The molecule has 5 nitrogen and oxygen atoms in total. The highest BCUT2D eigenvalue weighted by Crippen LogP contribution is 2.47. The van der Waals surface area contributed by atoms with Gasteiger partial charge < -0.3 is 15.0 Å². The Morgan fingerprint density at radius 3 is 2.75 bits per heavy atom. The second-order valence-electron chi connectivity index (χ2n) is 6.82. The Morgan fingerprint density at radius 1 is 1.60 bits per heavy atom.